The van der Waals surface area contributed by atoms with Gasteiger partial charge in [-0.15, -0.1) is 0 Å². The van der Waals surface area contributed by atoms with E-state index in [2.05, 4.69) is 59.7 Å². The number of unbranched alkanes of at least 4 members (excludes halogenated alkanes) is 2. The maximum absolute atomic E-state index is 12.0. The van der Waals surface area contributed by atoms with Crippen molar-refractivity contribution in [3.63, 3.8) is 0 Å². The summed E-state index contributed by atoms with van der Waals surface area (Å²) in [5, 5.41) is 5.45. The largest absolute Gasteiger partial charge is 0.397 e. The number of amides is 1. The predicted octanol–water partition coefficient (Wildman–Crippen LogP) is 5.05. The molecular formula is C24H29N3O. The third-order valence-corrected chi connectivity index (χ3v) is 4.94. The van der Waals surface area contributed by atoms with Crippen LogP contribution in [0.3, 0.4) is 0 Å². The number of carbonyl (C=O) groups excluding carboxylic acids is 1. The molecule has 3 aromatic carbocycles. The highest BCUT2D eigenvalue weighted by atomic mass is 16.1. The van der Waals surface area contributed by atoms with Gasteiger partial charge in [0.15, 0.2) is 0 Å². The van der Waals surface area contributed by atoms with E-state index in [4.69, 9.17) is 5.73 Å². The van der Waals surface area contributed by atoms with Gasteiger partial charge in [0.2, 0.25) is 5.91 Å². The Balaban J connectivity index is 1.34. The zero-order chi connectivity index (χ0) is 19.8. The smallest absolute Gasteiger partial charge is 0.224 e. The van der Waals surface area contributed by atoms with Crippen molar-refractivity contribution < 1.29 is 4.79 Å². The SMILES string of the molecule is CN(CCCCCC(=O)Nc1ccccc1N)Cc1ccc2ccccc2c1. The molecule has 3 rings (SSSR count). The lowest BCUT2D eigenvalue weighted by Crippen LogP contribution is -2.19. The molecule has 0 heterocycles. The van der Waals surface area contributed by atoms with Crippen LogP contribution in [0.5, 0.6) is 0 Å². The van der Waals surface area contributed by atoms with E-state index < -0.39 is 0 Å². The molecule has 4 heteroatoms. The lowest BCUT2D eigenvalue weighted by Gasteiger charge is -2.17. The maximum Gasteiger partial charge on any atom is 0.224 e. The molecule has 146 valence electrons. The summed E-state index contributed by atoms with van der Waals surface area (Å²) in [6, 6.07) is 22.5. The Hall–Kier alpha value is -2.85. The predicted molar refractivity (Wildman–Crippen MR) is 118 cm³/mol. The summed E-state index contributed by atoms with van der Waals surface area (Å²) in [6.45, 7) is 1.97. The Labute approximate surface area is 167 Å². The first-order valence-electron chi connectivity index (χ1n) is 9.92. The van der Waals surface area contributed by atoms with Crippen molar-refractivity contribution in [3.8, 4) is 0 Å². The molecule has 0 bridgehead atoms. The topological polar surface area (TPSA) is 58.4 Å². The Bertz CT molecular complexity index is 922. The minimum Gasteiger partial charge on any atom is -0.397 e. The van der Waals surface area contributed by atoms with Crippen molar-refractivity contribution in [2.24, 2.45) is 0 Å². The van der Waals surface area contributed by atoms with Gasteiger partial charge in [-0.1, -0.05) is 55.0 Å². The normalized spacial score (nSPS) is 11.1. The van der Waals surface area contributed by atoms with E-state index in [1.165, 1.54) is 16.3 Å². The average Bonchev–Trinajstić information content (AvgIpc) is 2.69. The van der Waals surface area contributed by atoms with Gasteiger partial charge in [0, 0.05) is 13.0 Å². The van der Waals surface area contributed by atoms with Crippen LogP contribution in [-0.4, -0.2) is 24.4 Å². The Morgan fingerprint density at radius 1 is 0.929 bits per heavy atom. The Morgan fingerprint density at radius 3 is 2.50 bits per heavy atom. The molecule has 1 amide bonds. The fourth-order valence-corrected chi connectivity index (χ4v) is 3.40. The number of fused-ring (bicyclic) bond motifs is 1. The van der Waals surface area contributed by atoms with Gasteiger partial charge in [-0.2, -0.15) is 0 Å². The van der Waals surface area contributed by atoms with Crippen LogP contribution in [0.1, 0.15) is 31.2 Å². The van der Waals surface area contributed by atoms with Crippen LogP contribution in [0.15, 0.2) is 66.7 Å². The lowest BCUT2D eigenvalue weighted by atomic mass is 10.1. The summed E-state index contributed by atoms with van der Waals surface area (Å²) < 4.78 is 0. The van der Waals surface area contributed by atoms with Gasteiger partial charge in [-0.3, -0.25) is 4.79 Å². The molecule has 0 radical (unpaired) electrons. The summed E-state index contributed by atoms with van der Waals surface area (Å²) in [4.78, 5) is 14.4. The van der Waals surface area contributed by atoms with Gasteiger partial charge in [-0.05, 0) is 61.0 Å². The van der Waals surface area contributed by atoms with E-state index in [1.807, 2.05) is 18.2 Å². The van der Waals surface area contributed by atoms with E-state index in [0.717, 1.165) is 32.4 Å². The number of nitrogen functional groups attached to an aromatic ring is 1. The molecule has 0 saturated carbocycles. The molecule has 0 aliphatic carbocycles. The molecule has 0 atom stereocenters. The average molecular weight is 376 g/mol. The number of anilines is 2. The number of nitrogens with zero attached hydrogens (tertiary/aromatic N) is 1. The van der Waals surface area contributed by atoms with Crippen LogP contribution in [0.2, 0.25) is 0 Å². The minimum atomic E-state index is 0.0300. The Kier molecular flexibility index (Phi) is 7.04. The summed E-state index contributed by atoms with van der Waals surface area (Å²) in [5.41, 5.74) is 8.49. The quantitative estimate of drug-likeness (QED) is 0.406. The number of rotatable bonds is 9. The first kappa shape index (κ1) is 19.9. The molecule has 0 spiro atoms. The lowest BCUT2D eigenvalue weighted by molar-refractivity contribution is -0.116. The highest BCUT2D eigenvalue weighted by Gasteiger charge is 2.05. The summed E-state index contributed by atoms with van der Waals surface area (Å²) >= 11 is 0. The summed E-state index contributed by atoms with van der Waals surface area (Å²) in [7, 11) is 2.15. The van der Waals surface area contributed by atoms with Gasteiger partial charge in [0.25, 0.3) is 0 Å². The van der Waals surface area contributed by atoms with E-state index >= 15 is 0 Å². The fourth-order valence-electron chi connectivity index (χ4n) is 3.40. The Morgan fingerprint density at radius 2 is 1.68 bits per heavy atom. The van der Waals surface area contributed by atoms with Crippen LogP contribution in [-0.2, 0) is 11.3 Å². The van der Waals surface area contributed by atoms with Crippen molar-refractivity contribution in [1.82, 2.24) is 4.90 Å². The van der Waals surface area contributed by atoms with E-state index in [9.17, 15) is 4.79 Å². The van der Waals surface area contributed by atoms with E-state index in [0.29, 0.717) is 17.8 Å². The molecule has 3 aromatic rings. The van der Waals surface area contributed by atoms with Gasteiger partial charge >= 0.3 is 0 Å². The standard InChI is InChI=1S/C24H29N3O/c1-27(18-19-14-15-20-9-4-5-10-21(20)17-19)16-8-2-3-13-24(28)26-23-12-7-6-11-22(23)25/h4-7,9-12,14-15,17H,2-3,8,13,16,18,25H2,1H3,(H,26,28). The maximum atomic E-state index is 12.0. The van der Waals surface area contributed by atoms with Crippen molar-refractivity contribution >= 4 is 28.1 Å². The molecule has 4 nitrogen and oxygen atoms in total. The van der Waals surface area contributed by atoms with Crippen molar-refractivity contribution in [3.05, 3.63) is 72.3 Å². The van der Waals surface area contributed by atoms with Crippen molar-refractivity contribution in [2.75, 3.05) is 24.6 Å². The van der Waals surface area contributed by atoms with Crippen LogP contribution >= 0.6 is 0 Å². The molecule has 0 aliphatic heterocycles. The first-order chi connectivity index (χ1) is 13.6. The summed E-state index contributed by atoms with van der Waals surface area (Å²) in [5.74, 6) is 0.0300. The van der Waals surface area contributed by atoms with Gasteiger partial charge in [0.05, 0.1) is 11.4 Å². The molecular weight excluding hydrogens is 346 g/mol. The van der Waals surface area contributed by atoms with Crippen LogP contribution in [0.4, 0.5) is 11.4 Å². The molecule has 0 fully saturated rings. The first-order valence-corrected chi connectivity index (χ1v) is 9.92. The second kappa shape index (κ2) is 9.90. The summed E-state index contributed by atoms with van der Waals surface area (Å²) in [6.07, 6.45) is 3.55. The second-order valence-corrected chi connectivity index (χ2v) is 7.37. The molecule has 3 N–H and O–H groups in total. The number of hydrogen-bond donors (Lipinski definition) is 2. The monoisotopic (exact) mass is 375 g/mol. The van der Waals surface area contributed by atoms with E-state index in [1.54, 1.807) is 6.07 Å². The minimum absolute atomic E-state index is 0.0300. The van der Waals surface area contributed by atoms with Gasteiger partial charge < -0.3 is 16.0 Å². The highest BCUT2D eigenvalue weighted by molar-refractivity contribution is 5.93. The molecule has 0 saturated heterocycles. The second-order valence-electron chi connectivity index (χ2n) is 7.37. The van der Waals surface area contributed by atoms with Gasteiger partial charge in [-0.25, -0.2) is 0 Å². The third kappa shape index (κ3) is 5.83. The van der Waals surface area contributed by atoms with E-state index in [-0.39, 0.29) is 5.91 Å². The highest BCUT2D eigenvalue weighted by Crippen LogP contribution is 2.18. The fraction of sp³-hybridized carbons (Fsp3) is 0.292. The molecule has 28 heavy (non-hydrogen) atoms. The zero-order valence-electron chi connectivity index (χ0n) is 16.5. The number of carbonyl (C=O) groups is 1. The molecule has 0 aliphatic rings. The van der Waals surface area contributed by atoms with Crippen LogP contribution in [0, 0.1) is 0 Å². The third-order valence-electron chi connectivity index (χ3n) is 4.94. The van der Waals surface area contributed by atoms with Crippen LogP contribution in [0.25, 0.3) is 10.8 Å². The molecule has 0 aromatic heterocycles. The van der Waals surface area contributed by atoms with Crippen molar-refractivity contribution in [1.29, 1.82) is 0 Å². The zero-order valence-corrected chi connectivity index (χ0v) is 16.5. The number of nitrogens with two attached hydrogens (primary N) is 1. The number of nitrogens with one attached hydrogen (secondary N) is 1. The van der Waals surface area contributed by atoms with Crippen molar-refractivity contribution in [2.45, 2.75) is 32.2 Å². The number of para-hydroxylation sites is 2. The van der Waals surface area contributed by atoms with Gasteiger partial charge in [0.1, 0.15) is 0 Å². The number of benzene rings is 3. The molecule has 0 unspecified atom stereocenters. The number of hydrogen-bond acceptors (Lipinski definition) is 3. The van der Waals surface area contributed by atoms with Crippen LogP contribution < -0.4 is 11.1 Å².